The molecule has 0 radical (unpaired) electrons. The van der Waals surface area contributed by atoms with Crippen molar-refractivity contribution < 1.29 is 4.74 Å². The fraction of sp³-hybridized carbons (Fsp3) is 0.429. The number of aromatic amines is 1. The van der Waals surface area contributed by atoms with Crippen LogP contribution in [0.4, 0.5) is 0 Å². The van der Waals surface area contributed by atoms with Crippen LogP contribution in [0.25, 0.3) is 0 Å². The highest BCUT2D eigenvalue weighted by Crippen LogP contribution is 2.03. The van der Waals surface area contributed by atoms with Gasteiger partial charge in [-0.25, -0.2) is 4.98 Å². The lowest BCUT2D eigenvalue weighted by Gasteiger charge is -2.01. The predicted molar refractivity (Wildman–Crippen MR) is 45.2 cm³/mol. The Hall–Kier alpha value is -0.900. The summed E-state index contributed by atoms with van der Waals surface area (Å²) in [4.78, 5) is 6.67. The maximum Gasteiger partial charge on any atom is 0.194 e. The minimum Gasteiger partial charge on any atom is -0.479 e. The van der Waals surface area contributed by atoms with Gasteiger partial charge >= 0.3 is 0 Å². The van der Waals surface area contributed by atoms with E-state index in [1.165, 1.54) is 6.33 Å². The Morgan fingerprint density at radius 3 is 3.18 bits per heavy atom. The summed E-state index contributed by atoms with van der Waals surface area (Å²) in [5.74, 6) is 0.687. The van der Waals surface area contributed by atoms with Crippen molar-refractivity contribution in [3.63, 3.8) is 0 Å². The largest absolute Gasteiger partial charge is 0.479 e. The van der Waals surface area contributed by atoms with Gasteiger partial charge in [0.25, 0.3) is 0 Å². The summed E-state index contributed by atoms with van der Waals surface area (Å²) >= 11 is 4.84. The monoisotopic (exact) mass is 170 g/mol. The van der Waals surface area contributed by atoms with Crippen molar-refractivity contribution in [3.8, 4) is 5.88 Å². The van der Waals surface area contributed by atoms with Crippen LogP contribution in [0.2, 0.25) is 0 Å². The van der Waals surface area contributed by atoms with Gasteiger partial charge in [0.15, 0.2) is 5.88 Å². The molecule has 0 saturated carbocycles. The van der Waals surface area contributed by atoms with Gasteiger partial charge in [0.2, 0.25) is 0 Å². The summed E-state index contributed by atoms with van der Waals surface area (Å²) in [6, 6.07) is 1.70. The highest BCUT2D eigenvalue weighted by atomic mass is 32.1. The van der Waals surface area contributed by atoms with E-state index in [4.69, 9.17) is 17.0 Å². The van der Waals surface area contributed by atoms with Gasteiger partial charge in [0, 0.05) is 6.07 Å². The second kappa shape index (κ2) is 4.08. The molecule has 4 heteroatoms. The van der Waals surface area contributed by atoms with Crippen LogP contribution in [0.15, 0.2) is 12.4 Å². The number of nitrogens with zero attached hydrogens (tertiary/aromatic N) is 1. The molecule has 1 rings (SSSR count). The lowest BCUT2D eigenvalue weighted by atomic mass is 10.5. The molecule has 3 nitrogen and oxygen atoms in total. The molecule has 0 aliphatic heterocycles. The molecular formula is C7H10N2OS. The summed E-state index contributed by atoms with van der Waals surface area (Å²) < 4.78 is 5.82. The van der Waals surface area contributed by atoms with E-state index in [1.54, 1.807) is 6.07 Å². The first-order valence-corrected chi connectivity index (χ1v) is 3.91. The third-order valence-electron chi connectivity index (χ3n) is 1.11. The third-order valence-corrected chi connectivity index (χ3v) is 1.34. The van der Waals surface area contributed by atoms with Gasteiger partial charge in [0.05, 0.1) is 12.9 Å². The van der Waals surface area contributed by atoms with Crippen LogP contribution in [0.3, 0.4) is 0 Å². The maximum atomic E-state index is 5.27. The van der Waals surface area contributed by atoms with Gasteiger partial charge in [-0.05, 0) is 6.42 Å². The van der Waals surface area contributed by atoms with Crippen molar-refractivity contribution >= 4 is 12.2 Å². The quantitative estimate of drug-likeness (QED) is 0.704. The smallest absolute Gasteiger partial charge is 0.194 e. The Balaban J connectivity index is 2.64. The van der Waals surface area contributed by atoms with Gasteiger partial charge in [-0.1, -0.05) is 19.1 Å². The van der Waals surface area contributed by atoms with Gasteiger partial charge in [-0.2, -0.15) is 0 Å². The molecule has 11 heavy (non-hydrogen) atoms. The Morgan fingerprint density at radius 2 is 2.55 bits per heavy atom. The number of hydrogen-bond acceptors (Lipinski definition) is 3. The standard InChI is InChI=1S/C7H10N2OS/c1-2-3-10-6-4-7(11)9-5-8-6/h4-5H,2-3H2,1H3,(H,8,9,11). The molecule has 1 aromatic rings. The van der Waals surface area contributed by atoms with Gasteiger partial charge < -0.3 is 9.72 Å². The number of H-pyrrole nitrogens is 1. The van der Waals surface area contributed by atoms with E-state index in [1.807, 2.05) is 0 Å². The topological polar surface area (TPSA) is 37.9 Å². The zero-order chi connectivity index (χ0) is 8.10. The normalized spacial score (nSPS) is 9.55. The van der Waals surface area contributed by atoms with E-state index in [2.05, 4.69) is 16.9 Å². The fourth-order valence-corrected chi connectivity index (χ4v) is 0.806. The van der Waals surface area contributed by atoms with E-state index in [9.17, 15) is 0 Å². The fourth-order valence-electron chi connectivity index (χ4n) is 0.646. The second-order valence-corrected chi connectivity index (χ2v) is 2.52. The van der Waals surface area contributed by atoms with E-state index in [-0.39, 0.29) is 0 Å². The van der Waals surface area contributed by atoms with Crippen LogP contribution in [-0.4, -0.2) is 16.6 Å². The highest BCUT2D eigenvalue weighted by molar-refractivity contribution is 7.71. The number of nitrogens with one attached hydrogen (secondary N) is 1. The molecule has 0 bridgehead atoms. The summed E-state index contributed by atoms with van der Waals surface area (Å²) in [5, 5.41) is 0. The Labute approximate surface area is 70.4 Å². The molecule has 0 fully saturated rings. The molecule has 1 aromatic heterocycles. The maximum absolute atomic E-state index is 5.27. The number of ether oxygens (including phenoxy) is 1. The molecule has 1 heterocycles. The van der Waals surface area contributed by atoms with Crippen LogP contribution < -0.4 is 4.74 Å². The predicted octanol–water partition coefficient (Wildman–Crippen LogP) is 1.93. The molecule has 0 saturated heterocycles. The first kappa shape index (κ1) is 8.20. The molecule has 0 aromatic carbocycles. The lowest BCUT2D eigenvalue weighted by molar-refractivity contribution is 0.304. The first-order valence-electron chi connectivity index (χ1n) is 3.50. The van der Waals surface area contributed by atoms with Gasteiger partial charge in [-0.15, -0.1) is 0 Å². The van der Waals surface area contributed by atoms with E-state index in [0.29, 0.717) is 17.1 Å². The minimum atomic E-state index is 0.551. The van der Waals surface area contributed by atoms with Crippen molar-refractivity contribution in [2.45, 2.75) is 13.3 Å². The Bertz CT molecular complexity index is 271. The highest BCUT2D eigenvalue weighted by Gasteiger charge is 1.90. The van der Waals surface area contributed by atoms with Crippen molar-refractivity contribution in [1.82, 2.24) is 9.97 Å². The first-order chi connectivity index (χ1) is 5.33. The van der Waals surface area contributed by atoms with Gasteiger partial charge in [-0.3, -0.25) is 0 Å². The van der Waals surface area contributed by atoms with E-state index in [0.717, 1.165) is 6.42 Å². The van der Waals surface area contributed by atoms with E-state index >= 15 is 0 Å². The van der Waals surface area contributed by atoms with Crippen LogP contribution in [0.5, 0.6) is 5.88 Å². The second-order valence-electron chi connectivity index (χ2n) is 2.10. The zero-order valence-electron chi connectivity index (χ0n) is 6.33. The van der Waals surface area contributed by atoms with E-state index < -0.39 is 0 Å². The lowest BCUT2D eigenvalue weighted by Crippen LogP contribution is -1.97. The number of aromatic nitrogens is 2. The minimum absolute atomic E-state index is 0.551. The summed E-state index contributed by atoms with van der Waals surface area (Å²) in [6.45, 7) is 2.76. The number of rotatable bonds is 3. The van der Waals surface area contributed by atoms with Crippen molar-refractivity contribution in [2.75, 3.05) is 6.61 Å². The average Bonchev–Trinajstić information content (AvgIpc) is 2.01. The van der Waals surface area contributed by atoms with Crippen LogP contribution in [0, 0.1) is 4.64 Å². The summed E-state index contributed by atoms with van der Waals surface area (Å²) in [7, 11) is 0. The van der Waals surface area contributed by atoms with Crippen molar-refractivity contribution in [3.05, 3.63) is 17.0 Å². The number of hydrogen-bond donors (Lipinski definition) is 1. The third kappa shape index (κ3) is 2.67. The average molecular weight is 170 g/mol. The molecule has 0 aliphatic carbocycles. The SMILES string of the molecule is CCCOc1cc(=S)nc[nH]1. The molecule has 0 amide bonds. The zero-order valence-corrected chi connectivity index (χ0v) is 7.15. The Morgan fingerprint density at radius 1 is 1.73 bits per heavy atom. The van der Waals surface area contributed by atoms with Crippen molar-refractivity contribution in [1.29, 1.82) is 0 Å². The summed E-state index contributed by atoms with van der Waals surface area (Å²) in [6.07, 6.45) is 2.52. The van der Waals surface area contributed by atoms with Crippen LogP contribution >= 0.6 is 12.2 Å². The van der Waals surface area contributed by atoms with Crippen LogP contribution in [0.1, 0.15) is 13.3 Å². The molecular weight excluding hydrogens is 160 g/mol. The Kier molecular flexibility index (Phi) is 3.04. The molecule has 1 N–H and O–H groups in total. The molecule has 0 atom stereocenters. The molecule has 60 valence electrons. The molecule has 0 aliphatic rings. The van der Waals surface area contributed by atoms with Crippen LogP contribution in [-0.2, 0) is 0 Å². The molecule has 0 unspecified atom stereocenters. The van der Waals surface area contributed by atoms with Crippen molar-refractivity contribution in [2.24, 2.45) is 0 Å². The molecule has 0 spiro atoms. The summed E-state index contributed by atoms with van der Waals surface area (Å²) in [5.41, 5.74) is 0. The van der Waals surface area contributed by atoms with Gasteiger partial charge in [0.1, 0.15) is 4.64 Å².